The van der Waals surface area contributed by atoms with Crippen LogP contribution in [0.4, 0.5) is 0 Å². The lowest BCUT2D eigenvalue weighted by Crippen LogP contribution is -2.48. The van der Waals surface area contributed by atoms with Crippen molar-refractivity contribution in [3.63, 3.8) is 0 Å². The molecule has 1 aromatic heterocycles. The topological polar surface area (TPSA) is 64.7 Å². The number of nitrogens with zero attached hydrogens (tertiary/aromatic N) is 4. The molecule has 24 heavy (non-hydrogen) atoms. The quantitative estimate of drug-likeness (QED) is 0.867. The summed E-state index contributed by atoms with van der Waals surface area (Å²) in [6.45, 7) is 8.76. The van der Waals surface area contributed by atoms with Gasteiger partial charge in [-0.25, -0.2) is 4.98 Å². The molecule has 7 heteroatoms. The summed E-state index contributed by atoms with van der Waals surface area (Å²) in [5.41, 5.74) is 2.16. The Hall–Kier alpha value is -1.44. The zero-order valence-electron chi connectivity index (χ0n) is 14.8. The van der Waals surface area contributed by atoms with Crippen LogP contribution in [0.2, 0.25) is 0 Å². The number of aromatic nitrogens is 2. The Kier molecular flexibility index (Phi) is 5.86. The van der Waals surface area contributed by atoms with Gasteiger partial charge in [0.15, 0.2) is 0 Å². The fourth-order valence-corrected chi connectivity index (χ4v) is 3.45. The van der Waals surface area contributed by atoms with E-state index in [0.29, 0.717) is 13.0 Å². The number of amides is 1. The maximum atomic E-state index is 12.7. The van der Waals surface area contributed by atoms with Gasteiger partial charge in [0.2, 0.25) is 5.91 Å². The molecule has 3 heterocycles. The van der Waals surface area contributed by atoms with E-state index in [1.54, 1.807) is 6.33 Å². The van der Waals surface area contributed by atoms with Crippen molar-refractivity contribution in [2.24, 2.45) is 0 Å². The van der Waals surface area contributed by atoms with Crippen LogP contribution < -0.4 is 0 Å². The van der Waals surface area contributed by atoms with Crippen molar-refractivity contribution in [2.45, 2.75) is 32.4 Å². The molecule has 134 valence electrons. The molecule has 0 saturated carbocycles. The molecule has 2 saturated heterocycles. The second-order valence-electron chi connectivity index (χ2n) is 6.92. The lowest BCUT2D eigenvalue weighted by molar-refractivity contribution is -0.134. The third-order valence-electron chi connectivity index (χ3n) is 5.12. The summed E-state index contributed by atoms with van der Waals surface area (Å²) in [6, 6.07) is 0.142. The van der Waals surface area contributed by atoms with Crippen LogP contribution >= 0.6 is 0 Å². The molecule has 2 fully saturated rings. The molecule has 3 rings (SSSR count). The summed E-state index contributed by atoms with van der Waals surface area (Å²) < 4.78 is 5.64. The van der Waals surface area contributed by atoms with Crippen molar-refractivity contribution < 1.29 is 9.53 Å². The summed E-state index contributed by atoms with van der Waals surface area (Å²) in [5.74, 6) is 0.254. The molecule has 0 spiro atoms. The highest BCUT2D eigenvalue weighted by atomic mass is 16.5. The molecule has 7 nitrogen and oxygen atoms in total. The first-order valence-corrected chi connectivity index (χ1v) is 8.90. The Bertz CT molecular complexity index is 547. The van der Waals surface area contributed by atoms with Gasteiger partial charge in [0, 0.05) is 50.9 Å². The van der Waals surface area contributed by atoms with Gasteiger partial charge >= 0.3 is 0 Å². The fraction of sp³-hybridized carbons (Fsp3) is 0.765. The number of rotatable bonds is 4. The first kappa shape index (κ1) is 17.4. The van der Waals surface area contributed by atoms with E-state index in [1.165, 1.54) is 0 Å². The minimum Gasteiger partial charge on any atom is -0.378 e. The summed E-state index contributed by atoms with van der Waals surface area (Å²) in [4.78, 5) is 26.9. The average molecular weight is 335 g/mol. The first-order valence-electron chi connectivity index (χ1n) is 8.90. The number of carbonyl (C=O) groups is 1. The van der Waals surface area contributed by atoms with Crippen LogP contribution in [-0.2, 0) is 16.1 Å². The number of nitrogens with one attached hydrogen (secondary N) is 1. The average Bonchev–Trinajstić information content (AvgIpc) is 2.84. The van der Waals surface area contributed by atoms with Crippen molar-refractivity contribution >= 4 is 5.91 Å². The molecular weight excluding hydrogens is 306 g/mol. The predicted octanol–water partition coefficient (Wildman–Crippen LogP) is 0.473. The molecule has 0 aromatic carbocycles. The lowest BCUT2D eigenvalue weighted by Gasteiger charge is -2.36. The summed E-state index contributed by atoms with van der Waals surface area (Å²) >= 11 is 0. The highest BCUT2D eigenvalue weighted by Gasteiger charge is 2.28. The van der Waals surface area contributed by atoms with Crippen LogP contribution in [0, 0.1) is 6.92 Å². The molecule has 1 aromatic rings. The number of hydrogen-bond donors (Lipinski definition) is 1. The first-order chi connectivity index (χ1) is 11.6. The number of hydrogen-bond acceptors (Lipinski definition) is 5. The van der Waals surface area contributed by atoms with E-state index in [-0.39, 0.29) is 11.9 Å². The van der Waals surface area contributed by atoms with Gasteiger partial charge in [0.1, 0.15) is 0 Å². The highest BCUT2D eigenvalue weighted by Crippen LogP contribution is 2.17. The zero-order chi connectivity index (χ0) is 16.9. The maximum absolute atomic E-state index is 12.7. The van der Waals surface area contributed by atoms with Gasteiger partial charge in [-0.2, -0.15) is 0 Å². The standard InChI is InChI=1S/C17H29N5O2/c1-14-16(19-13-18-14)11-22-8-9-24-12-15(22)10-17(23)21-5-3-4-20(2)6-7-21/h13,15H,3-12H2,1-2H3,(H,18,19). The Labute approximate surface area is 144 Å². The molecule has 0 aliphatic carbocycles. The van der Waals surface area contributed by atoms with Gasteiger partial charge in [0.25, 0.3) is 0 Å². The molecule has 1 N–H and O–H groups in total. The number of aromatic amines is 1. The SMILES string of the molecule is Cc1[nH]cnc1CN1CCOCC1CC(=O)N1CCCN(C)CC1. The van der Waals surface area contributed by atoms with E-state index < -0.39 is 0 Å². The van der Waals surface area contributed by atoms with E-state index in [0.717, 1.165) is 63.7 Å². The van der Waals surface area contributed by atoms with E-state index in [4.69, 9.17) is 4.74 Å². The third kappa shape index (κ3) is 4.34. The Balaban J connectivity index is 1.58. The van der Waals surface area contributed by atoms with Gasteiger partial charge in [-0.1, -0.05) is 0 Å². The molecule has 2 aliphatic heterocycles. The minimum absolute atomic E-state index is 0.142. The molecule has 1 unspecified atom stereocenters. The van der Waals surface area contributed by atoms with Crippen molar-refractivity contribution in [2.75, 3.05) is 53.0 Å². The molecule has 0 bridgehead atoms. The monoisotopic (exact) mass is 335 g/mol. The number of likely N-dealkylation sites (N-methyl/N-ethyl adjacent to an activating group) is 1. The van der Waals surface area contributed by atoms with Crippen LogP contribution in [-0.4, -0.2) is 89.6 Å². The molecule has 1 amide bonds. The van der Waals surface area contributed by atoms with Gasteiger partial charge in [-0.05, 0) is 26.9 Å². The molecule has 1 atom stereocenters. The predicted molar refractivity (Wildman–Crippen MR) is 91.7 cm³/mol. The highest BCUT2D eigenvalue weighted by molar-refractivity contribution is 5.76. The number of carbonyl (C=O) groups excluding carboxylic acids is 1. The van der Waals surface area contributed by atoms with Crippen LogP contribution in [0.15, 0.2) is 6.33 Å². The van der Waals surface area contributed by atoms with Crippen LogP contribution in [0.5, 0.6) is 0 Å². The Morgan fingerprint density at radius 1 is 1.33 bits per heavy atom. The number of aryl methyl sites for hydroxylation is 1. The van der Waals surface area contributed by atoms with E-state index in [2.05, 4.69) is 26.8 Å². The van der Waals surface area contributed by atoms with Crippen molar-refractivity contribution in [1.82, 2.24) is 24.7 Å². The number of imidazole rings is 1. The van der Waals surface area contributed by atoms with Crippen LogP contribution in [0.1, 0.15) is 24.2 Å². The number of morpholine rings is 1. The van der Waals surface area contributed by atoms with Crippen LogP contribution in [0.25, 0.3) is 0 Å². The minimum atomic E-state index is 0.142. The second-order valence-corrected chi connectivity index (χ2v) is 6.92. The van der Waals surface area contributed by atoms with Gasteiger partial charge < -0.3 is 19.5 Å². The zero-order valence-corrected chi connectivity index (χ0v) is 14.8. The third-order valence-corrected chi connectivity index (χ3v) is 5.12. The van der Waals surface area contributed by atoms with Crippen LogP contribution in [0.3, 0.4) is 0 Å². The fourth-order valence-electron chi connectivity index (χ4n) is 3.45. The van der Waals surface area contributed by atoms with E-state index in [9.17, 15) is 4.79 Å². The summed E-state index contributed by atoms with van der Waals surface area (Å²) in [6.07, 6.45) is 3.33. The maximum Gasteiger partial charge on any atom is 0.224 e. The van der Waals surface area contributed by atoms with Crippen molar-refractivity contribution in [1.29, 1.82) is 0 Å². The van der Waals surface area contributed by atoms with Crippen molar-refractivity contribution in [3.05, 3.63) is 17.7 Å². The van der Waals surface area contributed by atoms with E-state index >= 15 is 0 Å². The summed E-state index contributed by atoms with van der Waals surface area (Å²) in [7, 11) is 2.12. The Morgan fingerprint density at radius 3 is 3.00 bits per heavy atom. The van der Waals surface area contributed by atoms with Crippen molar-refractivity contribution in [3.8, 4) is 0 Å². The van der Waals surface area contributed by atoms with Gasteiger partial charge in [-0.3, -0.25) is 9.69 Å². The molecule has 0 radical (unpaired) electrons. The lowest BCUT2D eigenvalue weighted by atomic mass is 10.1. The smallest absolute Gasteiger partial charge is 0.224 e. The summed E-state index contributed by atoms with van der Waals surface area (Å²) in [5, 5.41) is 0. The van der Waals surface area contributed by atoms with Gasteiger partial charge in [0.05, 0.1) is 25.2 Å². The number of ether oxygens (including phenoxy) is 1. The molecular formula is C17H29N5O2. The van der Waals surface area contributed by atoms with E-state index in [1.807, 2.05) is 11.8 Å². The largest absolute Gasteiger partial charge is 0.378 e. The molecule has 2 aliphatic rings. The normalized spacial score (nSPS) is 24.1. The second kappa shape index (κ2) is 8.09. The Morgan fingerprint density at radius 2 is 2.21 bits per heavy atom. The number of H-pyrrole nitrogens is 1. The van der Waals surface area contributed by atoms with Gasteiger partial charge in [-0.15, -0.1) is 0 Å².